The Bertz CT molecular complexity index is 135. The smallest absolute Gasteiger partial charge is 0.0464 e. The minimum Gasteiger partial charge on any atom is -0.385 e. The Morgan fingerprint density at radius 2 is 1.73 bits per heavy atom. The van der Waals surface area contributed by atoms with Crippen LogP contribution in [0.3, 0.4) is 0 Å². The summed E-state index contributed by atoms with van der Waals surface area (Å²) in [6, 6.07) is 0. The van der Waals surface area contributed by atoms with Gasteiger partial charge in [-0.1, -0.05) is 53.4 Å². The molecule has 0 saturated heterocycles. The summed E-state index contributed by atoms with van der Waals surface area (Å²) in [6.07, 6.45) is 8.05. The minimum atomic E-state index is 0.463. The van der Waals surface area contributed by atoms with Crippen LogP contribution in [0, 0.1) is 11.3 Å². The van der Waals surface area contributed by atoms with Crippen LogP contribution in [0.15, 0.2) is 0 Å². The lowest BCUT2D eigenvalue weighted by Gasteiger charge is -2.26. The highest BCUT2D eigenvalue weighted by Crippen LogP contribution is 2.29. The lowest BCUT2D eigenvalue weighted by Crippen LogP contribution is -2.15. The predicted octanol–water partition coefficient (Wildman–Crippen LogP) is 4.66. The number of ether oxygens (including phenoxy) is 1. The molecular formula is C14H30O. The monoisotopic (exact) mass is 214 g/mol. The van der Waals surface area contributed by atoms with Gasteiger partial charge in [-0.15, -0.1) is 0 Å². The molecule has 1 heteroatoms. The summed E-state index contributed by atoms with van der Waals surface area (Å²) in [7, 11) is 1.81. The predicted molar refractivity (Wildman–Crippen MR) is 68.2 cm³/mol. The molecule has 0 unspecified atom stereocenters. The Labute approximate surface area is 96.6 Å². The van der Waals surface area contributed by atoms with Gasteiger partial charge in [-0.3, -0.25) is 0 Å². The maximum atomic E-state index is 5.19. The van der Waals surface area contributed by atoms with Crippen LogP contribution in [-0.2, 0) is 4.74 Å². The van der Waals surface area contributed by atoms with Gasteiger partial charge in [0.25, 0.3) is 0 Å². The Morgan fingerprint density at radius 1 is 1.07 bits per heavy atom. The van der Waals surface area contributed by atoms with Crippen LogP contribution in [0.2, 0.25) is 0 Å². The van der Waals surface area contributed by atoms with Crippen LogP contribution in [-0.4, -0.2) is 13.7 Å². The molecule has 0 aromatic heterocycles. The number of hydrogen-bond acceptors (Lipinski definition) is 1. The topological polar surface area (TPSA) is 9.23 Å². The second kappa shape index (κ2) is 8.15. The summed E-state index contributed by atoms with van der Waals surface area (Å²) in [6.45, 7) is 10.2. The molecule has 0 heterocycles. The average molecular weight is 214 g/mol. The molecule has 0 amide bonds. The molecule has 0 aliphatic carbocycles. The van der Waals surface area contributed by atoms with Gasteiger partial charge in [0.2, 0.25) is 0 Å². The van der Waals surface area contributed by atoms with Crippen molar-refractivity contribution < 1.29 is 4.74 Å². The molecule has 0 aromatic carbocycles. The fourth-order valence-corrected chi connectivity index (χ4v) is 2.18. The normalized spacial score (nSPS) is 14.2. The largest absolute Gasteiger partial charge is 0.385 e. The van der Waals surface area contributed by atoms with Gasteiger partial charge in [-0.2, -0.15) is 0 Å². The highest BCUT2D eigenvalue weighted by Gasteiger charge is 2.18. The van der Waals surface area contributed by atoms with E-state index in [2.05, 4.69) is 27.7 Å². The van der Waals surface area contributed by atoms with Gasteiger partial charge < -0.3 is 4.74 Å². The highest BCUT2D eigenvalue weighted by atomic mass is 16.5. The third-order valence-electron chi connectivity index (χ3n) is 2.85. The molecule has 0 radical (unpaired) electrons. The molecule has 0 aliphatic heterocycles. The molecule has 0 fully saturated rings. The van der Waals surface area contributed by atoms with E-state index in [4.69, 9.17) is 4.74 Å². The summed E-state index contributed by atoms with van der Waals surface area (Å²) in [5.74, 6) is 0.858. The fraction of sp³-hybridized carbons (Fsp3) is 1.00. The second-order valence-corrected chi connectivity index (χ2v) is 5.91. The summed E-state index contributed by atoms with van der Waals surface area (Å²) in [5, 5.41) is 0. The molecular weight excluding hydrogens is 184 g/mol. The van der Waals surface area contributed by atoms with Crippen molar-refractivity contribution in [2.75, 3.05) is 13.7 Å². The maximum absolute atomic E-state index is 5.19. The molecule has 0 saturated carbocycles. The third-order valence-corrected chi connectivity index (χ3v) is 2.85. The Kier molecular flexibility index (Phi) is 8.13. The highest BCUT2D eigenvalue weighted by molar-refractivity contribution is 4.69. The maximum Gasteiger partial charge on any atom is 0.0464 e. The van der Waals surface area contributed by atoms with Crippen molar-refractivity contribution in [3.63, 3.8) is 0 Å². The van der Waals surface area contributed by atoms with E-state index in [1.807, 2.05) is 0 Å². The quantitative estimate of drug-likeness (QED) is 0.534. The lowest BCUT2D eigenvalue weighted by atomic mass is 9.81. The number of rotatable bonds is 8. The molecule has 0 rings (SSSR count). The Morgan fingerprint density at radius 3 is 2.20 bits per heavy atom. The molecule has 0 bridgehead atoms. The zero-order chi connectivity index (χ0) is 11.7. The van der Waals surface area contributed by atoms with Gasteiger partial charge in [-0.25, -0.2) is 0 Å². The molecule has 0 N–H and O–H groups in total. The van der Waals surface area contributed by atoms with E-state index in [-0.39, 0.29) is 0 Å². The zero-order valence-electron chi connectivity index (χ0n) is 11.4. The molecule has 1 nitrogen and oxygen atoms in total. The van der Waals surface area contributed by atoms with Crippen LogP contribution in [0.1, 0.15) is 66.2 Å². The lowest BCUT2D eigenvalue weighted by molar-refractivity contribution is 0.157. The molecule has 92 valence electrons. The van der Waals surface area contributed by atoms with Crippen LogP contribution in [0.25, 0.3) is 0 Å². The van der Waals surface area contributed by atoms with Crippen LogP contribution in [0.5, 0.6) is 0 Å². The van der Waals surface area contributed by atoms with Crippen molar-refractivity contribution in [2.45, 2.75) is 66.2 Å². The van der Waals surface area contributed by atoms with Crippen LogP contribution in [0.4, 0.5) is 0 Å². The van der Waals surface area contributed by atoms with Crippen LogP contribution < -0.4 is 0 Å². The number of unbranched alkanes of at least 4 members (excludes halogenated alkanes) is 2. The standard InChI is InChI=1S/C14H30O/c1-6-7-8-9-13(10-11-15-5)12-14(2,3)4/h13H,6-12H2,1-5H3/t13-/m1/s1. The van der Waals surface area contributed by atoms with Gasteiger partial charge >= 0.3 is 0 Å². The average Bonchev–Trinajstić information content (AvgIpc) is 2.12. The van der Waals surface area contributed by atoms with Crippen LogP contribution >= 0.6 is 0 Å². The first kappa shape index (κ1) is 15.0. The summed E-state index contributed by atoms with van der Waals surface area (Å²) < 4.78 is 5.19. The SMILES string of the molecule is CCCCC[C@H](CCOC)CC(C)(C)C. The third kappa shape index (κ3) is 10.2. The second-order valence-electron chi connectivity index (χ2n) is 5.91. The summed E-state index contributed by atoms with van der Waals surface area (Å²) in [5.41, 5.74) is 0.463. The van der Waals surface area contributed by atoms with Gasteiger partial charge in [0.1, 0.15) is 0 Å². The van der Waals surface area contributed by atoms with Crippen molar-refractivity contribution in [3.05, 3.63) is 0 Å². The van der Waals surface area contributed by atoms with E-state index in [0.717, 1.165) is 12.5 Å². The van der Waals surface area contributed by atoms with E-state index < -0.39 is 0 Å². The molecule has 0 aliphatic rings. The molecule has 0 aromatic rings. The van der Waals surface area contributed by atoms with E-state index >= 15 is 0 Å². The molecule has 15 heavy (non-hydrogen) atoms. The van der Waals surface area contributed by atoms with Gasteiger partial charge in [-0.05, 0) is 24.2 Å². The van der Waals surface area contributed by atoms with Crippen molar-refractivity contribution >= 4 is 0 Å². The van der Waals surface area contributed by atoms with Crippen molar-refractivity contribution in [3.8, 4) is 0 Å². The summed E-state index contributed by atoms with van der Waals surface area (Å²) in [4.78, 5) is 0. The van der Waals surface area contributed by atoms with Crippen molar-refractivity contribution in [1.82, 2.24) is 0 Å². The molecule has 0 spiro atoms. The van der Waals surface area contributed by atoms with Crippen molar-refractivity contribution in [2.24, 2.45) is 11.3 Å². The van der Waals surface area contributed by atoms with Gasteiger partial charge in [0.05, 0.1) is 0 Å². The van der Waals surface area contributed by atoms with Gasteiger partial charge in [0, 0.05) is 13.7 Å². The van der Waals surface area contributed by atoms with E-state index in [0.29, 0.717) is 5.41 Å². The first-order valence-corrected chi connectivity index (χ1v) is 6.48. The number of hydrogen-bond donors (Lipinski definition) is 0. The first-order valence-electron chi connectivity index (χ1n) is 6.48. The van der Waals surface area contributed by atoms with E-state index in [9.17, 15) is 0 Å². The van der Waals surface area contributed by atoms with Crippen molar-refractivity contribution in [1.29, 1.82) is 0 Å². The Hall–Kier alpha value is -0.0400. The number of methoxy groups -OCH3 is 1. The first-order chi connectivity index (χ1) is 6.99. The fourth-order valence-electron chi connectivity index (χ4n) is 2.18. The molecule has 1 atom stereocenters. The summed E-state index contributed by atoms with van der Waals surface area (Å²) >= 11 is 0. The van der Waals surface area contributed by atoms with E-state index in [1.54, 1.807) is 7.11 Å². The van der Waals surface area contributed by atoms with E-state index in [1.165, 1.54) is 38.5 Å². The Balaban J connectivity index is 3.84. The van der Waals surface area contributed by atoms with Gasteiger partial charge in [0.15, 0.2) is 0 Å². The zero-order valence-corrected chi connectivity index (χ0v) is 11.4. The minimum absolute atomic E-state index is 0.463.